The van der Waals surface area contributed by atoms with Crippen LogP contribution in [0.2, 0.25) is 0 Å². The Morgan fingerprint density at radius 2 is 1.65 bits per heavy atom. The monoisotopic (exact) mass is 459 g/mol. The Morgan fingerprint density at radius 1 is 0.971 bits per heavy atom. The van der Waals surface area contributed by atoms with E-state index in [1.54, 1.807) is 42.5 Å². The molecule has 0 saturated carbocycles. The second-order valence-electron chi connectivity index (χ2n) is 8.40. The van der Waals surface area contributed by atoms with Crippen molar-refractivity contribution in [2.45, 2.75) is 32.9 Å². The van der Waals surface area contributed by atoms with Crippen molar-refractivity contribution in [1.82, 2.24) is 0 Å². The quantitative estimate of drug-likeness (QED) is 0.287. The summed E-state index contributed by atoms with van der Waals surface area (Å²) in [5.41, 5.74) is 1.62. The molecule has 3 N–H and O–H groups in total. The average molecular weight is 459 g/mol. The van der Waals surface area contributed by atoms with Gasteiger partial charge in [0.1, 0.15) is 23.0 Å². The normalized spacial score (nSPS) is 17.4. The van der Waals surface area contributed by atoms with Crippen LogP contribution in [-0.2, 0) is 9.59 Å². The van der Waals surface area contributed by atoms with E-state index >= 15 is 0 Å². The van der Waals surface area contributed by atoms with Crippen LogP contribution in [0.5, 0.6) is 17.2 Å². The maximum absolute atomic E-state index is 13.2. The molecule has 34 heavy (non-hydrogen) atoms. The van der Waals surface area contributed by atoms with Crippen LogP contribution in [0, 0.1) is 6.92 Å². The predicted octanol–water partition coefficient (Wildman–Crippen LogP) is 4.82. The third kappa shape index (κ3) is 4.08. The zero-order valence-electron chi connectivity index (χ0n) is 19.0. The predicted molar refractivity (Wildman–Crippen MR) is 128 cm³/mol. The van der Waals surface area contributed by atoms with Crippen molar-refractivity contribution in [3.8, 4) is 17.2 Å². The molecule has 4 rings (SSSR count). The van der Waals surface area contributed by atoms with Crippen molar-refractivity contribution in [3.05, 3.63) is 89.0 Å². The van der Waals surface area contributed by atoms with Crippen molar-refractivity contribution in [2.75, 3.05) is 4.90 Å². The first-order valence-electron chi connectivity index (χ1n) is 10.8. The molecule has 1 amide bonds. The Kier molecular flexibility index (Phi) is 6.03. The molecule has 1 aliphatic heterocycles. The topological polar surface area (TPSA) is 107 Å². The number of aliphatic hydroxyl groups excluding tert-OH is 1. The first-order valence-corrected chi connectivity index (χ1v) is 10.8. The van der Waals surface area contributed by atoms with E-state index in [4.69, 9.17) is 4.74 Å². The van der Waals surface area contributed by atoms with Crippen LogP contribution in [0.15, 0.2) is 72.3 Å². The molecule has 3 aromatic carbocycles. The lowest BCUT2D eigenvalue weighted by Gasteiger charge is -2.26. The molecule has 0 aliphatic carbocycles. The van der Waals surface area contributed by atoms with E-state index in [-0.39, 0.29) is 34.6 Å². The number of hydrogen-bond acceptors (Lipinski definition) is 6. The van der Waals surface area contributed by atoms with Gasteiger partial charge in [-0.25, -0.2) is 0 Å². The fourth-order valence-electron chi connectivity index (χ4n) is 4.06. The van der Waals surface area contributed by atoms with Crippen molar-refractivity contribution >= 4 is 23.1 Å². The number of benzene rings is 3. The Labute approximate surface area is 197 Å². The number of anilines is 1. The second kappa shape index (κ2) is 8.94. The third-order valence-electron chi connectivity index (χ3n) is 5.61. The lowest BCUT2D eigenvalue weighted by Crippen LogP contribution is -2.29. The smallest absolute Gasteiger partial charge is 0.300 e. The van der Waals surface area contributed by atoms with Crippen LogP contribution in [0.4, 0.5) is 5.69 Å². The summed E-state index contributed by atoms with van der Waals surface area (Å²) in [6.45, 7) is 5.64. The van der Waals surface area contributed by atoms with Crippen LogP contribution in [-0.4, -0.2) is 33.1 Å². The number of rotatable bonds is 5. The molecule has 0 bridgehead atoms. The molecule has 7 heteroatoms. The van der Waals surface area contributed by atoms with E-state index in [1.165, 1.54) is 29.2 Å². The molecule has 174 valence electrons. The highest BCUT2D eigenvalue weighted by Crippen LogP contribution is 2.45. The van der Waals surface area contributed by atoms with Crippen LogP contribution in [0.25, 0.3) is 5.76 Å². The van der Waals surface area contributed by atoms with Gasteiger partial charge in [-0.1, -0.05) is 24.3 Å². The fraction of sp³-hybridized carbons (Fsp3) is 0.185. The van der Waals surface area contributed by atoms with Crippen LogP contribution < -0.4 is 9.64 Å². The molecule has 1 aliphatic rings. The number of nitrogens with zero attached hydrogens (tertiary/aromatic N) is 1. The Morgan fingerprint density at radius 3 is 2.26 bits per heavy atom. The number of amides is 1. The molecule has 1 heterocycles. The third-order valence-corrected chi connectivity index (χ3v) is 5.61. The standard InChI is InChI=1S/C27H25NO6/c1-15(2)34-22-13-10-18(14-16(22)3)25(31)23-24(17-8-11-19(29)12-9-17)28(27(33)26(23)32)20-6-4-5-7-21(20)30/h4-15,24,29-31H,1-3H3/b25-23-. The van der Waals surface area contributed by atoms with Gasteiger partial charge in [0.15, 0.2) is 0 Å². The number of phenolic OH excluding ortho intramolecular Hbond substituents is 2. The number of aliphatic hydroxyl groups is 1. The number of carbonyl (C=O) groups is 2. The summed E-state index contributed by atoms with van der Waals surface area (Å²) in [5, 5.41) is 31.4. The van der Waals surface area contributed by atoms with E-state index in [0.29, 0.717) is 16.9 Å². The molecule has 0 spiro atoms. The summed E-state index contributed by atoms with van der Waals surface area (Å²) in [4.78, 5) is 27.5. The van der Waals surface area contributed by atoms with Gasteiger partial charge in [0.2, 0.25) is 0 Å². The molecule has 1 unspecified atom stereocenters. The molecule has 3 aromatic rings. The molecule has 1 saturated heterocycles. The summed E-state index contributed by atoms with van der Waals surface area (Å²) < 4.78 is 5.75. The first-order chi connectivity index (χ1) is 16.2. The largest absolute Gasteiger partial charge is 0.508 e. The number of ketones is 1. The van der Waals surface area contributed by atoms with Gasteiger partial charge >= 0.3 is 0 Å². The average Bonchev–Trinajstić information content (AvgIpc) is 3.06. The molecule has 0 aromatic heterocycles. The highest BCUT2D eigenvalue weighted by molar-refractivity contribution is 6.51. The summed E-state index contributed by atoms with van der Waals surface area (Å²) in [6, 6.07) is 16.2. The van der Waals surface area contributed by atoms with Crippen molar-refractivity contribution in [3.63, 3.8) is 0 Å². The zero-order chi connectivity index (χ0) is 24.6. The van der Waals surface area contributed by atoms with Crippen molar-refractivity contribution in [2.24, 2.45) is 0 Å². The van der Waals surface area contributed by atoms with Gasteiger partial charge in [0.25, 0.3) is 11.7 Å². The van der Waals surface area contributed by atoms with E-state index < -0.39 is 17.7 Å². The van der Waals surface area contributed by atoms with Crippen LogP contribution in [0.3, 0.4) is 0 Å². The first kappa shape index (κ1) is 22.9. The SMILES string of the molecule is Cc1cc(/C(O)=C2/C(=O)C(=O)N(c3ccccc3O)C2c2ccc(O)cc2)ccc1OC(C)C. The maximum atomic E-state index is 13.2. The Bertz CT molecular complexity index is 1290. The summed E-state index contributed by atoms with van der Waals surface area (Å²) in [5.74, 6) is -1.61. The summed E-state index contributed by atoms with van der Waals surface area (Å²) in [6.07, 6.45) is -0.0310. The lowest BCUT2D eigenvalue weighted by atomic mass is 9.94. The van der Waals surface area contributed by atoms with Crippen molar-refractivity contribution in [1.29, 1.82) is 0 Å². The molecule has 7 nitrogen and oxygen atoms in total. The number of aryl methyl sites for hydroxylation is 1. The minimum atomic E-state index is -1.01. The highest BCUT2D eigenvalue weighted by atomic mass is 16.5. The van der Waals surface area contributed by atoms with E-state index in [1.807, 2.05) is 20.8 Å². The fourth-order valence-corrected chi connectivity index (χ4v) is 4.06. The van der Waals surface area contributed by atoms with Gasteiger partial charge in [-0.2, -0.15) is 0 Å². The molecule has 1 fully saturated rings. The number of aromatic hydroxyl groups is 2. The Hall–Kier alpha value is -4.26. The van der Waals surface area contributed by atoms with Gasteiger partial charge in [-0.3, -0.25) is 14.5 Å². The molecule has 1 atom stereocenters. The highest BCUT2D eigenvalue weighted by Gasteiger charge is 2.47. The number of carbonyl (C=O) groups excluding carboxylic acids is 2. The van der Waals surface area contributed by atoms with Crippen LogP contribution in [0.1, 0.15) is 36.6 Å². The van der Waals surface area contributed by atoms with E-state index in [0.717, 1.165) is 5.56 Å². The van der Waals surface area contributed by atoms with E-state index in [9.17, 15) is 24.9 Å². The zero-order valence-corrected chi connectivity index (χ0v) is 19.0. The number of hydrogen-bond donors (Lipinski definition) is 3. The van der Waals surface area contributed by atoms with Gasteiger partial charge in [0.05, 0.1) is 23.4 Å². The van der Waals surface area contributed by atoms with Gasteiger partial charge in [-0.05, 0) is 74.4 Å². The van der Waals surface area contributed by atoms with Gasteiger partial charge in [-0.15, -0.1) is 0 Å². The summed E-state index contributed by atoms with van der Waals surface area (Å²) in [7, 11) is 0. The Balaban J connectivity index is 1.91. The molecular formula is C27H25NO6. The van der Waals surface area contributed by atoms with Gasteiger partial charge < -0.3 is 20.1 Å². The van der Waals surface area contributed by atoms with Crippen molar-refractivity contribution < 1.29 is 29.6 Å². The second-order valence-corrected chi connectivity index (χ2v) is 8.40. The minimum absolute atomic E-state index is 0.0135. The number of ether oxygens (including phenoxy) is 1. The summed E-state index contributed by atoms with van der Waals surface area (Å²) >= 11 is 0. The van der Waals surface area contributed by atoms with Crippen LogP contribution >= 0.6 is 0 Å². The number of phenols is 2. The number of para-hydroxylation sites is 2. The lowest BCUT2D eigenvalue weighted by molar-refractivity contribution is -0.132. The molecular weight excluding hydrogens is 434 g/mol. The number of Topliss-reactive ketones (excluding diaryl/α,β-unsaturated/α-hetero) is 1. The van der Waals surface area contributed by atoms with Gasteiger partial charge in [0, 0.05) is 5.56 Å². The minimum Gasteiger partial charge on any atom is -0.508 e. The molecule has 0 radical (unpaired) electrons. The maximum Gasteiger partial charge on any atom is 0.300 e. The van der Waals surface area contributed by atoms with E-state index in [2.05, 4.69) is 0 Å².